The summed E-state index contributed by atoms with van der Waals surface area (Å²) in [7, 11) is 0. The molecule has 0 aliphatic carbocycles. The second-order valence-corrected chi connectivity index (χ2v) is 8.52. The molecule has 3 aromatic carbocycles. The van der Waals surface area contributed by atoms with E-state index in [1.54, 1.807) is 0 Å². The van der Waals surface area contributed by atoms with Crippen LogP contribution in [0.3, 0.4) is 0 Å². The van der Waals surface area contributed by atoms with Crippen LogP contribution in [0.5, 0.6) is 5.75 Å². The number of hydrogen-bond donors (Lipinski definition) is 1. The molecule has 0 unspecified atom stereocenters. The zero-order chi connectivity index (χ0) is 20.7. The SMILES string of the molecule is CCCCCCCc1ccc(O)c(C(C)(C)c2ccccc2)c1-c1ccccc1. The topological polar surface area (TPSA) is 20.2 Å². The van der Waals surface area contributed by atoms with E-state index < -0.39 is 0 Å². The normalized spacial score (nSPS) is 11.6. The minimum Gasteiger partial charge on any atom is -0.508 e. The van der Waals surface area contributed by atoms with Gasteiger partial charge in [0.1, 0.15) is 5.75 Å². The number of phenols is 1. The Morgan fingerprint density at radius 2 is 1.34 bits per heavy atom. The molecule has 29 heavy (non-hydrogen) atoms. The van der Waals surface area contributed by atoms with E-state index >= 15 is 0 Å². The van der Waals surface area contributed by atoms with E-state index in [4.69, 9.17) is 0 Å². The van der Waals surface area contributed by atoms with Crippen molar-refractivity contribution in [2.24, 2.45) is 0 Å². The highest BCUT2D eigenvalue weighted by Gasteiger charge is 2.30. The molecule has 1 N–H and O–H groups in total. The Morgan fingerprint density at radius 3 is 2.00 bits per heavy atom. The van der Waals surface area contributed by atoms with E-state index in [0.29, 0.717) is 5.75 Å². The summed E-state index contributed by atoms with van der Waals surface area (Å²) in [6.45, 7) is 6.69. The molecule has 0 heterocycles. The van der Waals surface area contributed by atoms with Gasteiger partial charge in [-0.1, -0.05) is 113 Å². The summed E-state index contributed by atoms with van der Waals surface area (Å²) in [4.78, 5) is 0. The lowest BCUT2D eigenvalue weighted by Gasteiger charge is -2.31. The maximum absolute atomic E-state index is 11.0. The van der Waals surface area contributed by atoms with Gasteiger partial charge in [-0.05, 0) is 41.2 Å². The second kappa shape index (κ2) is 9.78. The van der Waals surface area contributed by atoms with Crippen molar-refractivity contribution in [3.05, 3.63) is 89.5 Å². The first-order valence-electron chi connectivity index (χ1n) is 11.0. The predicted molar refractivity (Wildman–Crippen MR) is 125 cm³/mol. The molecule has 0 saturated heterocycles. The van der Waals surface area contributed by atoms with Gasteiger partial charge in [0, 0.05) is 11.0 Å². The Bertz CT molecular complexity index is 894. The first-order chi connectivity index (χ1) is 14.1. The summed E-state index contributed by atoms with van der Waals surface area (Å²) in [5, 5.41) is 11.0. The van der Waals surface area contributed by atoms with Gasteiger partial charge in [-0.25, -0.2) is 0 Å². The third kappa shape index (κ3) is 4.90. The molecule has 0 aliphatic rings. The zero-order valence-corrected chi connectivity index (χ0v) is 18.1. The van der Waals surface area contributed by atoms with Gasteiger partial charge in [0.15, 0.2) is 0 Å². The molecule has 0 saturated carbocycles. The van der Waals surface area contributed by atoms with Crippen molar-refractivity contribution in [1.29, 1.82) is 0 Å². The van der Waals surface area contributed by atoms with Crippen molar-refractivity contribution < 1.29 is 5.11 Å². The van der Waals surface area contributed by atoms with Gasteiger partial charge >= 0.3 is 0 Å². The number of aryl methyl sites for hydroxylation is 1. The van der Waals surface area contributed by atoms with Gasteiger partial charge in [0.25, 0.3) is 0 Å². The molecule has 1 nitrogen and oxygen atoms in total. The van der Waals surface area contributed by atoms with Crippen molar-refractivity contribution >= 4 is 0 Å². The van der Waals surface area contributed by atoms with E-state index in [2.05, 4.69) is 81.4 Å². The number of aromatic hydroxyl groups is 1. The number of rotatable bonds is 9. The Labute approximate surface area is 176 Å². The number of benzene rings is 3. The smallest absolute Gasteiger partial charge is 0.120 e. The highest BCUT2D eigenvalue weighted by molar-refractivity contribution is 5.76. The second-order valence-electron chi connectivity index (χ2n) is 8.52. The standard InChI is InChI=1S/C28H34O/c1-4-5-6-7-10-17-23-20-21-25(29)27(26(23)22-15-11-8-12-16-22)28(2,3)24-18-13-9-14-19-24/h8-9,11-16,18-21,29H,4-7,10,17H2,1-3H3. The van der Waals surface area contributed by atoms with Gasteiger partial charge in [-0.15, -0.1) is 0 Å². The van der Waals surface area contributed by atoms with Crippen molar-refractivity contribution in [3.8, 4) is 16.9 Å². The first kappa shape index (κ1) is 21.2. The van der Waals surface area contributed by atoms with E-state index in [1.807, 2.05) is 12.1 Å². The first-order valence-corrected chi connectivity index (χ1v) is 11.0. The van der Waals surface area contributed by atoms with Crippen LogP contribution in [0.1, 0.15) is 69.6 Å². The summed E-state index contributed by atoms with van der Waals surface area (Å²) >= 11 is 0. The van der Waals surface area contributed by atoms with Gasteiger partial charge in [-0.2, -0.15) is 0 Å². The van der Waals surface area contributed by atoms with E-state index in [0.717, 1.165) is 12.0 Å². The fraction of sp³-hybridized carbons (Fsp3) is 0.357. The summed E-state index contributed by atoms with van der Waals surface area (Å²) in [6, 6.07) is 25.1. The van der Waals surface area contributed by atoms with Crippen LogP contribution in [0.25, 0.3) is 11.1 Å². The Balaban J connectivity index is 2.08. The summed E-state index contributed by atoms with van der Waals surface area (Å²) in [5.74, 6) is 0.382. The number of hydrogen-bond acceptors (Lipinski definition) is 1. The minimum absolute atomic E-state index is 0.297. The number of phenolic OH excluding ortho intramolecular Hbond substituents is 1. The van der Waals surface area contributed by atoms with Crippen LogP contribution in [-0.4, -0.2) is 5.11 Å². The molecule has 0 fully saturated rings. The van der Waals surface area contributed by atoms with Crippen molar-refractivity contribution in [1.82, 2.24) is 0 Å². The van der Waals surface area contributed by atoms with Gasteiger partial charge in [-0.3, -0.25) is 0 Å². The summed E-state index contributed by atoms with van der Waals surface area (Å²) in [5.41, 5.74) is 5.67. The molecule has 3 aromatic rings. The zero-order valence-electron chi connectivity index (χ0n) is 18.1. The molecule has 1 heteroatoms. The van der Waals surface area contributed by atoms with Crippen LogP contribution >= 0.6 is 0 Å². The lowest BCUT2D eigenvalue weighted by molar-refractivity contribution is 0.453. The predicted octanol–water partition coefficient (Wildman–Crippen LogP) is 7.90. The molecular formula is C28H34O. The monoisotopic (exact) mass is 386 g/mol. The summed E-state index contributed by atoms with van der Waals surface area (Å²) in [6.07, 6.45) is 7.39. The molecule has 0 atom stereocenters. The molecule has 152 valence electrons. The Morgan fingerprint density at radius 1 is 0.724 bits per heavy atom. The van der Waals surface area contributed by atoms with Crippen LogP contribution in [0.4, 0.5) is 0 Å². The largest absolute Gasteiger partial charge is 0.508 e. The Hall–Kier alpha value is -2.54. The van der Waals surface area contributed by atoms with Crippen molar-refractivity contribution in [3.63, 3.8) is 0 Å². The van der Waals surface area contributed by atoms with Crippen LogP contribution < -0.4 is 0 Å². The Kier molecular flexibility index (Phi) is 7.14. The maximum Gasteiger partial charge on any atom is 0.120 e. The molecule has 3 rings (SSSR count). The van der Waals surface area contributed by atoms with Gasteiger partial charge in [0.2, 0.25) is 0 Å². The molecule has 0 spiro atoms. The lowest BCUT2D eigenvalue weighted by atomic mass is 9.73. The van der Waals surface area contributed by atoms with Crippen LogP contribution in [0.2, 0.25) is 0 Å². The summed E-state index contributed by atoms with van der Waals surface area (Å²) < 4.78 is 0. The van der Waals surface area contributed by atoms with E-state index in [1.165, 1.54) is 54.4 Å². The average Bonchev–Trinajstić information content (AvgIpc) is 2.75. The fourth-order valence-corrected chi connectivity index (χ4v) is 4.33. The lowest BCUT2D eigenvalue weighted by Crippen LogP contribution is -2.21. The molecule has 0 bridgehead atoms. The maximum atomic E-state index is 11.0. The number of unbranched alkanes of at least 4 members (excludes halogenated alkanes) is 4. The van der Waals surface area contributed by atoms with Crippen LogP contribution in [-0.2, 0) is 11.8 Å². The quantitative estimate of drug-likeness (QED) is 0.371. The molecule has 0 amide bonds. The van der Waals surface area contributed by atoms with Crippen molar-refractivity contribution in [2.75, 3.05) is 0 Å². The van der Waals surface area contributed by atoms with E-state index in [-0.39, 0.29) is 5.41 Å². The average molecular weight is 387 g/mol. The van der Waals surface area contributed by atoms with Crippen molar-refractivity contribution in [2.45, 2.75) is 64.7 Å². The van der Waals surface area contributed by atoms with E-state index in [9.17, 15) is 5.11 Å². The minimum atomic E-state index is -0.297. The molecular weight excluding hydrogens is 352 g/mol. The molecule has 0 aliphatic heterocycles. The van der Waals surface area contributed by atoms with Gasteiger partial charge in [0.05, 0.1) is 0 Å². The van der Waals surface area contributed by atoms with Crippen LogP contribution in [0, 0.1) is 0 Å². The third-order valence-electron chi connectivity index (χ3n) is 6.00. The third-order valence-corrected chi connectivity index (χ3v) is 6.00. The van der Waals surface area contributed by atoms with Crippen LogP contribution in [0.15, 0.2) is 72.8 Å². The fourth-order valence-electron chi connectivity index (χ4n) is 4.33. The highest BCUT2D eigenvalue weighted by Crippen LogP contribution is 2.44. The highest BCUT2D eigenvalue weighted by atomic mass is 16.3. The molecule has 0 aromatic heterocycles. The van der Waals surface area contributed by atoms with Gasteiger partial charge < -0.3 is 5.11 Å². The molecule has 0 radical (unpaired) electrons.